The molecule has 0 aliphatic heterocycles. The number of rotatable bonds is 8. The Labute approximate surface area is 193 Å². The lowest BCUT2D eigenvalue weighted by Gasteiger charge is -2.28. The molecule has 0 spiro atoms. The smallest absolute Gasteiger partial charge is 0.261 e. The van der Waals surface area contributed by atoms with Gasteiger partial charge in [-0.15, -0.1) is 0 Å². The molecule has 0 aliphatic rings. The predicted molar refractivity (Wildman–Crippen MR) is 131 cm³/mol. The maximum Gasteiger partial charge on any atom is 0.261 e. The molecule has 33 heavy (non-hydrogen) atoms. The van der Waals surface area contributed by atoms with Gasteiger partial charge in [-0.1, -0.05) is 84.9 Å². The molecular formula is C28H25N3O2. The lowest BCUT2D eigenvalue weighted by Crippen LogP contribution is -2.52. The molecule has 0 saturated heterocycles. The van der Waals surface area contributed by atoms with Crippen molar-refractivity contribution in [3.8, 4) is 0 Å². The Morgan fingerprint density at radius 2 is 1.09 bits per heavy atom. The molecule has 0 aromatic heterocycles. The summed E-state index contributed by atoms with van der Waals surface area (Å²) in [5.74, 6) is -0.603. The molecule has 0 saturated carbocycles. The zero-order valence-electron chi connectivity index (χ0n) is 18.1. The number of anilines is 2. The van der Waals surface area contributed by atoms with Crippen LogP contribution < -0.4 is 15.8 Å². The monoisotopic (exact) mass is 435 g/mol. The first-order valence-electron chi connectivity index (χ1n) is 10.8. The second-order valence-corrected chi connectivity index (χ2v) is 7.56. The van der Waals surface area contributed by atoms with Crippen molar-refractivity contribution in [1.29, 1.82) is 0 Å². The third-order valence-electron chi connectivity index (χ3n) is 5.19. The Balaban J connectivity index is 1.60. The summed E-state index contributed by atoms with van der Waals surface area (Å²) in [5.41, 5.74) is 6.09. The third kappa shape index (κ3) is 5.86. The fourth-order valence-electron chi connectivity index (χ4n) is 3.51. The largest absolute Gasteiger partial charge is 0.340 e. The van der Waals surface area contributed by atoms with Gasteiger partial charge in [0.2, 0.25) is 0 Å². The molecule has 1 atom stereocenters. The topological polar surface area (TPSA) is 61.4 Å². The second kappa shape index (κ2) is 10.8. The first-order valence-corrected chi connectivity index (χ1v) is 10.8. The number of para-hydroxylation sites is 2. The van der Waals surface area contributed by atoms with Crippen molar-refractivity contribution in [3.63, 3.8) is 0 Å². The highest BCUT2D eigenvalue weighted by Crippen LogP contribution is 2.22. The summed E-state index contributed by atoms with van der Waals surface area (Å²) in [6, 6.07) is 37.0. The van der Waals surface area contributed by atoms with Gasteiger partial charge >= 0.3 is 0 Å². The zero-order chi connectivity index (χ0) is 22.9. The molecule has 0 radical (unpaired) electrons. The minimum absolute atomic E-state index is 0.294. The number of amides is 2. The van der Waals surface area contributed by atoms with E-state index < -0.39 is 6.04 Å². The van der Waals surface area contributed by atoms with Gasteiger partial charge in [-0.25, -0.2) is 0 Å². The molecule has 4 aromatic carbocycles. The number of hydrogen-bond donors (Lipinski definition) is 2. The highest BCUT2D eigenvalue weighted by atomic mass is 16.2. The second-order valence-electron chi connectivity index (χ2n) is 7.56. The van der Waals surface area contributed by atoms with Crippen LogP contribution in [0, 0.1) is 0 Å². The molecular weight excluding hydrogens is 410 g/mol. The zero-order valence-corrected chi connectivity index (χ0v) is 18.1. The van der Waals surface area contributed by atoms with E-state index in [1.807, 2.05) is 97.1 Å². The van der Waals surface area contributed by atoms with E-state index in [1.165, 1.54) is 0 Å². The van der Waals surface area contributed by atoms with Crippen LogP contribution in [-0.2, 0) is 11.2 Å². The van der Waals surface area contributed by atoms with Gasteiger partial charge in [0.15, 0.2) is 0 Å². The van der Waals surface area contributed by atoms with Crippen LogP contribution in [0.2, 0.25) is 0 Å². The average molecular weight is 436 g/mol. The molecule has 5 heteroatoms. The molecule has 0 bridgehead atoms. The Morgan fingerprint density at radius 3 is 1.61 bits per heavy atom. The van der Waals surface area contributed by atoms with Crippen molar-refractivity contribution in [3.05, 3.63) is 132 Å². The van der Waals surface area contributed by atoms with E-state index >= 15 is 0 Å². The molecule has 2 N–H and O–H groups in total. The van der Waals surface area contributed by atoms with E-state index in [4.69, 9.17) is 0 Å². The molecule has 0 heterocycles. The van der Waals surface area contributed by atoms with E-state index in [0.717, 1.165) is 16.9 Å². The SMILES string of the molecule is O=C(N[C@H](Cc1ccccc1)C(=O)NN(c1ccccc1)c1ccccc1)c1ccccc1. The average Bonchev–Trinajstić information content (AvgIpc) is 2.89. The lowest BCUT2D eigenvalue weighted by molar-refractivity contribution is -0.122. The summed E-state index contributed by atoms with van der Waals surface area (Å²) >= 11 is 0. The molecule has 5 nitrogen and oxygen atoms in total. The van der Waals surface area contributed by atoms with Gasteiger partial charge in [-0.3, -0.25) is 20.0 Å². The standard InChI is InChI=1S/C28H25N3O2/c32-27(23-15-7-2-8-16-23)29-26(21-22-13-5-1-6-14-22)28(33)30-31(24-17-9-3-10-18-24)25-19-11-4-12-20-25/h1-20,26H,21H2,(H,29,32)(H,30,33)/t26-/m1/s1. The van der Waals surface area contributed by atoms with Crippen molar-refractivity contribution in [1.82, 2.24) is 10.7 Å². The van der Waals surface area contributed by atoms with Gasteiger partial charge in [0, 0.05) is 12.0 Å². The van der Waals surface area contributed by atoms with Crippen LogP contribution >= 0.6 is 0 Å². The van der Waals surface area contributed by atoms with Gasteiger partial charge in [-0.05, 0) is 42.0 Å². The molecule has 0 aliphatic carbocycles. The van der Waals surface area contributed by atoms with Crippen LogP contribution in [0.4, 0.5) is 11.4 Å². The van der Waals surface area contributed by atoms with Crippen molar-refractivity contribution in [2.75, 3.05) is 5.01 Å². The Hall–Kier alpha value is -4.38. The molecule has 0 fully saturated rings. The van der Waals surface area contributed by atoms with E-state index in [-0.39, 0.29) is 11.8 Å². The molecule has 4 aromatic rings. The van der Waals surface area contributed by atoms with Gasteiger partial charge in [0.1, 0.15) is 6.04 Å². The summed E-state index contributed by atoms with van der Waals surface area (Å²) in [5, 5.41) is 4.64. The molecule has 4 rings (SSSR count). The fraction of sp³-hybridized carbons (Fsp3) is 0.0714. The number of hydrogen-bond acceptors (Lipinski definition) is 3. The summed E-state index contributed by atoms with van der Waals surface area (Å²) in [6.07, 6.45) is 0.364. The van der Waals surface area contributed by atoms with Crippen molar-refractivity contribution < 1.29 is 9.59 Å². The Kier molecular flexibility index (Phi) is 7.13. The first kappa shape index (κ1) is 21.8. The number of nitrogens with zero attached hydrogens (tertiary/aromatic N) is 1. The fourth-order valence-corrected chi connectivity index (χ4v) is 3.51. The molecule has 164 valence electrons. The van der Waals surface area contributed by atoms with Crippen LogP contribution in [0.15, 0.2) is 121 Å². The molecule has 0 unspecified atom stereocenters. The van der Waals surface area contributed by atoms with Gasteiger partial charge in [-0.2, -0.15) is 0 Å². The van der Waals surface area contributed by atoms with Gasteiger partial charge < -0.3 is 5.32 Å². The highest BCUT2D eigenvalue weighted by molar-refractivity contribution is 5.98. The van der Waals surface area contributed by atoms with Crippen LogP contribution in [0.1, 0.15) is 15.9 Å². The Bertz CT molecular complexity index is 1130. The summed E-state index contributed by atoms with van der Waals surface area (Å²) in [7, 11) is 0. The normalized spacial score (nSPS) is 11.3. The summed E-state index contributed by atoms with van der Waals surface area (Å²) in [4.78, 5) is 26.4. The lowest BCUT2D eigenvalue weighted by atomic mass is 10.0. The highest BCUT2D eigenvalue weighted by Gasteiger charge is 2.24. The number of carbonyl (C=O) groups excluding carboxylic acids is 2. The van der Waals surface area contributed by atoms with Crippen molar-refractivity contribution in [2.45, 2.75) is 12.5 Å². The van der Waals surface area contributed by atoms with Crippen LogP contribution in [0.25, 0.3) is 0 Å². The maximum atomic E-state index is 13.5. The first-order chi connectivity index (χ1) is 16.2. The quantitative estimate of drug-likeness (QED) is 0.387. The molecule has 2 amide bonds. The maximum absolute atomic E-state index is 13.5. The van der Waals surface area contributed by atoms with E-state index in [1.54, 1.807) is 29.3 Å². The van der Waals surface area contributed by atoms with Gasteiger partial charge in [0.05, 0.1) is 11.4 Å². The van der Waals surface area contributed by atoms with Crippen LogP contribution in [0.3, 0.4) is 0 Å². The van der Waals surface area contributed by atoms with Crippen LogP contribution in [0.5, 0.6) is 0 Å². The van der Waals surface area contributed by atoms with Crippen molar-refractivity contribution >= 4 is 23.2 Å². The summed E-state index contributed by atoms with van der Waals surface area (Å²) in [6.45, 7) is 0. The predicted octanol–water partition coefficient (Wildman–Crippen LogP) is 4.90. The van der Waals surface area contributed by atoms with E-state index in [9.17, 15) is 9.59 Å². The third-order valence-corrected chi connectivity index (χ3v) is 5.19. The minimum Gasteiger partial charge on any atom is -0.340 e. The van der Waals surface area contributed by atoms with Gasteiger partial charge in [0.25, 0.3) is 11.8 Å². The number of hydrazine groups is 1. The summed E-state index contributed by atoms with van der Waals surface area (Å²) < 4.78 is 0. The number of carbonyl (C=O) groups is 2. The van der Waals surface area contributed by atoms with Crippen molar-refractivity contribution in [2.24, 2.45) is 0 Å². The minimum atomic E-state index is -0.768. The number of nitrogens with one attached hydrogen (secondary N) is 2. The Morgan fingerprint density at radius 1 is 0.636 bits per heavy atom. The number of benzene rings is 4. The van der Waals surface area contributed by atoms with E-state index in [0.29, 0.717) is 12.0 Å². The van der Waals surface area contributed by atoms with Crippen LogP contribution in [-0.4, -0.2) is 17.9 Å². The van der Waals surface area contributed by atoms with E-state index in [2.05, 4.69) is 10.7 Å².